The Hall–Kier alpha value is -5.18. The molecule has 5 aromatic rings. The number of aryl methyl sites for hydroxylation is 3. The second-order valence-electron chi connectivity index (χ2n) is 9.36. The first-order valence-electron chi connectivity index (χ1n) is 12.7. The van der Waals surface area contributed by atoms with Gasteiger partial charge in [0.25, 0.3) is 5.91 Å². The second kappa shape index (κ2) is 11.3. The standard InChI is InChI=1S/C31H29N5O4/c1-20-15-22(3)25(16-21(20)2)26-17-28(36(33-26)24-13-9-6-10-14-24)32-29(37)19-40-31(38)30-27(39-4)18-35(34-30)23-11-7-5-8-12-23/h5-18H,19H2,1-4H3,(H,32,37). The van der Waals surface area contributed by atoms with Crippen molar-refractivity contribution in [3.8, 4) is 28.4 Å². The predicted octanol–water partition coefficient (Wildman–Crippen LogP) is 5.45. The molecule has 0 aliphatic carbocycles. The fourth-order valence-corrected chi connectivity index (χ4v) is 4.34. The highest BCUT2D eigenvalue weighted by Crippen LogP contribution is 2.29. The Kier molecular flexibility index (Phi) is 7.46. The highest BCUT2D eigenvalue weighted by Gasteiger charge is 2.22. The zero-order chi connectivity index (χ0) is 28.2. The lowest BCUT2D eigenvalue weighted by atomic mass is 9.99. The molecule has 0 spiro atoms. The first kappa shape index (κ1) is 26.4. The first-order chi connectivity index (χ1) is 19.3. The topological polar surface area (TPSA) is 100 Å². The van der Waals surface area contributed by atoms with Gasteiger partial charge in [-0.15, -0.1) is 0 Å². The summed E-state index contributed by atoms with van der Waals surface area (Å²) < 4.78 is 13.8. The molecule has 5 rings (SSSR count). The average molecular weight is 536 g/mol. The summed E-state index contributed by atoms with van der Waals surface area (Å²) in [6, 6.07) is 24.8. The molecule has 0 saturated heterocycles. The van der Waals surface area contributed by atoms with Gasteiger partial charge in [-0.2, -0.15) is 10.2 Å². The number of nitrogens with one attached hydrogen (secondary N) is 1. The molecule has 0 aliphatic heterocycles. The van der Waals surface area contributed by atoms with Gasteiger partial charge in [0.15, 0.2) is 12.4 Å². The summed E-state index contributed by atoms with van der Waals surface area (Å²) in [5.41, 5.74) is 6.62. The van der Waals surface area contributed by atoms with Crippen LogP contribution in [0.4, 0.5) is 5.82 Å². The maximum Gasteiger partial charge on any atom is 0.363 e. The summed E-state index contributed by atoms with van der Waals surface area (Å²) in [5.74, 6) is -0.601. The van der Waals surface area contributed by atoms with Gasteiger partial charge in [-0.3, -0.25) is 4.79 Å². The number of hydrogen-bond donors (Lipinski definition) is 1. The Morgan fingerprint density at radius 2 is 1.48 bits per heavy atom. The minimum atomic E-state index is -0.773. The number of benzene rings is 3. The molecule has 0 atom stereocenters. The minimum Gasteiger partial charge on any atom is -0.493 e. The molecule has 9 heteroatoms. The van der Waals surface area contributed by atoms with E-state index in [-0.39, 0.29) is 11.4 Å². The third-order valence-corrected chi connectivity index (χ3v) is 6.54. The van der Waals surface area contributed by atoms with Crippen LogP contribution >= 0.6 is 0 Å². The number of anilines is 1. The van der Waals surface area contributed by atoms with E-state index >= 15 is 0 Å². The number of carbonyl (C=O) groups is 2. The van der Waals surface area contributed by atoms with E-state index in [1.54, 1.807) is 10.9 Å². The van der Waals surface area contributed by atoms with Crippen LogP contribution in [0.1, 0.15) is 27.2 Å². The van der Waals surface area contributed by atoms with Crippen molar-refractivity contribution in [3.05, 3.63) is 107 Å². The Balaban J connectivity index is 1.35. The van der Waals surface area contributed by atoms with Gasteiger partial charge in [-0.1, -0.05) is 42.5 Å². The van der Waals surface area contributed by atoms with Crippen molar-refractivity contribution in [2.45, 2.75) is 20.8 Å². The molecular formula is C31H29N5O4. The van der Waals surface area contributed by atoms with Gasteiger partial charge < -0.3 is 14.8 Å². The Morgan fingerprint density at radius 1 is 0.825 bits per heavy atom. The highest BCUT2D eigenvalue weighted by atomic mass is 16.5. The largest absolute Gasteiger partial charge is 0.493 e. The maximum atomic E-state index is 12.9. The predicted molar refractivity (Wildman–Crippen MR) is 152 cm³/mol. The summed E-state index contributed by atoms with van der Waals surface area (Å²) in [7, 11) is 1.44. The van der Waals surface area contributed by atoms with Crippen LogP contribution in [0.25, 0.3) is 22.6 Å². The highest BCUT2D eigenvalue weighted by molar-refractivity contribution is 5.96. The molecule has 0 bridgehead atoms. The molecule has 0 saturated carbocycles. The van der Waals surface area contributed by atoms with Gasteiger partial charge >= 0.3 is 5.97 Å². The fourth-order valence-electron chi connectivity index (χ4n) is 4.34. The van der Waals surface area contributed by atoms with E-state index < -0.39 is 18.5 Å². The van der Waals surface area contributed by atoms with Crippen LogP contribution in [0.2, 0.25) is 0 Å². The van der Waals surface area contributed by atoms with Crippen molar-refractivity contribution < 1.29 is 19.1 Å². The SMILES string of the molecule is COc1cn(-c2ccccc2)nc1C(=O)OCC(=O)Nc1cc(-c2cc(C)c(C)cc2C)nn1-c1ccccc1. The van der Waals surface area contributed by atoms with Gasteiger partial charge in [0.05, 0.1) is 30.4 Å². The van der Waals surface area contributed by atoms with Crippen LogP contribution < -0.4 is 10.1 Å². The van der Waals surface area contributed by atoms with Crippen LogP contribution in [0.5, 0.6) is 5.75 Å². The lowest BCUT2D eigenvalue weighted by molar-refractivity contribution is -0.119. The molecule has 9 nitrogen and oxygen atoms in total. The van der Waals surface area contributed by atoms with Crippen molar-refractivity contribution in [1.29, 1.82) is 0 Å². The molecular weight excluding hydrogens is 506 g/mol. The number of aromatic nitrogens is 4. The van der Waals surface area contributed by atoms with Crippen molar-refractivity contribution >= 4 is 17.7 Å². The smallest absolute Gasteiger partial charge is 0.363 e. The molecule has 40 heavy (non-hydrogen) atoms. The van der Waals surface area contributed by atoms with Crippen molar-refractivity contribution in [1.82, 2.24) is 19.6 Å². The summed E-state index contributed by atoms with van der Waals surface area (Å²) in [5, 5.41) is 11.9. The van der Waals surface area contributed by atoms with Crippen molar-refractivity contribution in [2.75, 3.05) is 19.0 Å². The Bertz CT molecular complexity index is 1670. The second-order valence-corrected chi connectivity index (χ2v) is 9.36. The Labute approximate surface area is 232 Å². The molecule has 1 amide bonds. The van der Waals surface area contributed by atoms with Gasteiger partial charge in [0.1, 0.15) is 5.82 Å². The number of rotatable bonds is 8. The zero-order valence-corrected chi connectivity index (χ0v) is 22.7. The summed E-state index contributed by atoms with van der Waals surface area (Å²) in [6.07, 6.45) is 1.58. The first-order valence-corrected chi connectivity index (χ1v) is 12.7. The number of carbonyl (C=O) groups excluding carboxylic acids is 2. The molecule has 0 aliphatic rings. The van der Waals surface area contributed by atoms with Gasteiger partial charge in [0, 0.05) is 11.6 Å². The van der Waals surface area contributed by atoms with E-state index in [0.29, 0.717) is 11.5 Å². The average Bonchev–Trinajstić information content (AvgIpc) is 3.59. The number of nitrogens with zero attached hydrogens (tertiary/aromatic N) is 4. The van der Waals surface area contributed by atoms with Crippen LogP contribution in [0.15, 0.2) is 85.1 Å². The van der Waals surface area contributed by atoms with Crippen LogP contribution in [-0.2, 0) is 9.53 Å². The minimum absolute atomic E-state index is 0.0269. The number of ether oxygens (including phenoxy) is 2. The van der Waals surface area contributed by atoms with E-state index in [2.05, 4.69) is 36.4 Å². The molecule has 0 radical (unpaired) electrons. The quantitative estimate of drug-likeness (QED) is 0.265. The molecule has 1 N–H and O–H groups in total. The van der Waals surface area contributed by atoms with Gasteiger partial charge in [-0.05, 0) is 67.8 Å². The third-order valence-electron chi connectivity index (χ3n) is 6.54. The third kappa shape index (κ3) is 5.49. The van der Waals surface area contributed by atoms with E-state index in [1.165, 1.54) is 17.4 Å². The lowest BCUT2D eigenvalue weighted by Crippen LogP contribution is -2.22. The van der Waals surface area contributed by atoms with E-state index in [9.17, 15) is 9.59 Å². The molecule has 202 valence electrons. The van der Waals surface area contributed by atoms with Crippen LogP contribution in [0, 0.1) is 20.8 Å². The molecule has 0 fully saturated rings. The van der Waals surface area contributed by atoms with E-state index in [4.69, 9.17) is 14.6 Å². The summed E-state index contributed by atoms with van der Waals surface area (Å²) in [4.78, 5) is 25.8. The fraction of sp³-hybridized carbons (Fsp3) is 0.161. The molecule has 0 unspecified atom stereocenters. The maximum absolute atomic E-state index is 12.9. The zero-order valence-electron chi connectivity index (χ0n) is 22.7. The normalized spacial score (nSPS) is 10.8. The number of esters is 1. The van der Waals surface area contributed by atoms with Gasteiger partial charge in [-0.25, -0.2) is 14.2 Å². The van der Waals surface area contributed by atoms with Gasteiger partial charge in [0.2, 0.25) is 5.69 Å². The van der Waals surface area contributed by atoms with E-state index in [0.717, 1.165) is 28.1 Å². The molecule has 2 heterocycles. The van der Waals surface area contributed by atoms with E-state index in [1.807, 2.05) is 73.7 Å². The molecule has 2 aromatic heterocycles. The number of amides is 1. The van der Waals surface area contributed by atoms with Crippen molar-refractivity contribution in [3.63, 3.8) is 0 Å². The number of hydrogen-bond acceptors (Lipinski definition) is 6. The Morgan fingerprint density at radius 3 is 2.15 bits per heavy atom. The molecule has 3 aromatic carbocycles. The van der Waals surface area contributed by atoms with Crippen LogP contribution in [-0.4, -0.2) is 45.2 Å². The summed E-state index contributed by atoms with van der Waals surface area (Å²) >= 11 is 0. The summed E-state index contributed by atoms with van der Waals surface area (Å²) in [6.45, 7) is 5.65. The lowest BCUT2D eigenvalue weighted by Gasteiger charge is -2.09. The number of methoxy groups -OCH3 is 1. The monoisotopic (exact) mass is 535 g/mol. The van der Waals surface area contributed by atoms with Crippen LogP contribution in [0.3, 0.4) is 0 Å². The number of para-hydroxylation sites is 2. The van der Waals surface area contributed by atoms with Crippen molar-refractivity contribution in [2.24, 2.45) is 0 Å².